The number of nitrogens with zero attached hydrogens (tertiary/aromatic N) is 1. The van der Waals surface area contributed by atoms with Gasteiger partial charge in [0.25, 0.3) is 0 Å². The minimum atomic E-state index is -1.08. The van der Waals surface area contributed by atoms with E-state index in [0.717, 1.165) is 6.04 Å². The van der Waals surface area contributed by atoms with Gasteiger partial charge in [-0.2, -0.15) is 0 Å². The van der Waals surface area contributed by atoms with Crippen LogP contribution < -0.4 is 0 Å². The van der Waals surface area contributed by atoms with Crippen LogP contribution in [0.25, 0.3) is 0 Å². The minimum absolute atomic E-state index is 0.820. The molecule has 0 spiro atoms. The fourth-order valence-corrected chi connectivity index (χ4v) is 5.36. The Morgan fingerprint density at radius 2 is 1.75 bits per heavy atom. The second-order valence-corrected chi connectivity index (χ2v) is 11.5. The molecular weight excluding hydrogens is 210 g/mol. The van der Waals surface area contributed by atoms with Gasteiger partial charge in [-0.25, -0.2) is 0 Å². The van der Waals surface area contributed by atoms with Crippen molar-refractivity contribution in [3.05, 3.63) is 11.3 Å². The molecule has 1 heterocycles. The van der Waals surface area contributed by atoms with Gasteiger partial charge in [0.2, 0.25) is 0 Å². The van der Waals surface area contributed by atoms with Gasteiger partial charge in [-0.15, -0.1) is 0 Å². The van der Waals surface area contributed by atoms with Crippen LogP contribution in [0.1, 0.15) is 38.5 Å². The highest BCUT2D eigenvalue weighted by Crippen LogP contribution is 2.31. The third-order valence-electron chi connectivity index (χ3n) is 4.10. The van der Waals surface area contributed by atoms with Crippen molar-refractivity contribution in [1.82, 2.24) is 4.90 Å². The van der Waals surface area contributed by atoms with E-state index >= 15 is 0 Å². The molecule has 0 aromatic rings. The Labute approximate surface area is 102 Å². The molecule has 0 bridgehead atoms. The molecule has 16 heavy (non-hydrogen) atoms. The lowest BCUT2D eigenvalue weighted by Crippen LogP contribution is -2.46. The summed E-state index contributed by atoms with van der Waals surface area (Å²) >= 11 is 0. The first-order valence-corrected chi connectivity index (χ1v) is 10.5. The van der Waals surface area contributed by atoms with Crippen molar-refractivity contribution >= 4 is 8.07 Å². The van der Waals surface area contributed by atoms with Crippen molar-refractivity contribution in [1.29, 1.82) is 0 Å². The van der Waals surface area contributed by atoms with Crippen LogP contribution in [0.15, 0.2) is 11.3 Å². The zero-order chi connectivity index (χ0) is 11.6. The molecule has 0 N–H and O–H groups in total. The summed E-state index contributed by atoms with van der Waals surface area (Å²) < 4.78 is 0. The Bertz CT molecular complexity index is 258. The number of allylic oxidation sites excluding steroid dienone is 1. The molecular formula is C14H27NSi. The van der Waals surface area contributed by atoms with Gasteiger partial charge in [0.05, 0.1) is 8.07 Å². The monoisotopic (exact) mass is 237 g/mol. The second kappa shape index (κ2) is 5.05. The molecule has 1 saturated heterocycles. The predicted octanol–water partition coefficient (Wildman–Crippen LogP) is 3.83. The Morgan fingerprint density at radius 3 is 2.38 bits per heavy atom. The molecule has 0 amide bonds. The highest BCUT2D eigenvalue weighted by Gasteiger charge is 2.32. The lowest BCUT2D eigenvalue weighted by atomic mass is 9.98. The predicted molar refractivity (Wildman–Crippen MR) is 74.5 cm³/mol. The van der Waals surface area contributed by atoms with Crippen LogP contribution in [-0.4, -0.2) is 32.1 Å². The molecule has 1 fully saturated rings. The molecule has 0 radical (unpaired) electrons. The van der Waals surface area contributed by atoms with Gasteiger partial charge in [-0.3, -0.25) is 4.90 Å². The van der Waals surface area contributed by atoms with Crippen LogP contribution in [0.5, 0.6) is 0 Å². The summed E-state index contributed by atoms with van der Waals surface area (Å²) in [6.45, 7) is 10.3. The van der Waals surface area contributed by atoms with E-state index in [-0.39, 0.29) is 0 Å². The lowest BCUT2D eigenvalue weighted by molar-refractivity contribution is 0.175. The molecule has 2 heteroatoms. The maximum atomic E-state index is 2.78. The summed E-state index contributed by atoms with van der Waals surface area (Å²) in [4.78, 5) is 2.78. The molecule has 2 rings (SSSR count). The van der Waals surface area contributed by atoms with Gasteiger partial charge >= 0.3 is 0 Å². The SMILES string of the molecule is C[Si](C)(C)C1=CCCCC1N1CCCCC1. The molecule has 92 valence electrons. The first kappa shape index (κ1) is 12.4. The van der Waals surface area contributed by atoms with Crippen LogP contribution in [0.2, 0.25) is 19.6 Å². The van der Waals surface area contributed by atoms with Crippen molar-refractivity contribution in [3.8, 4) is 0 Å². The van der Waals surface area contributed by atoms with Crippen LogP contribution >= 0.6 is 0 Å². The molecule has 1 atom stereocenters. The van der Waals surface area contributed by atoms with E-state index in [1.807, 2.05) is 5.20 Å². The number of hydrogen-bond donors (Lipinski definition) is 0. The maximum Gasteiger partial charge on any atom is 0.0740 e. The average Bonchev–Trinajstić information content (AvgIpc) is 2.29. The number of hydrogen-bond acceptors (Lipinski definition) is 1. The Kier molecular flexibility index (Phi) is 3.91. The molecule has 1 nitrogen and oxygen atoms in total. The Balaban J connectivity index is 2.11. The van der Waals surface area contributed by atoms with Crippen LogP contribution in [0.4, 0.5) is 0 Å². The van der Waals surface area contributed by atoms with Gasteiger partial charge in [0.15, 0.2) is 0 Å². The van der Waals surface area contributed by atoms with Gasteiger partial charge in [0.1, 0.15) is 0 Å². The fourth-order valence-electron chi connectivity index (χ4n) is 3.28. The zero-order valence-corrected chi connectivity index (χ0v) is 12.3. The zero-order valence-electron chi connectivity index (χ0n) is 11.3. The van der Waals surface area contributed by atoms with Crippen LogP contribution in [-0.2, 0) is 0 Å². The Hall–Kier alpha value is -0.0831. The van der Waals surface area contributed by atoms with E-state index in [0.29, 0.717) is 0 Å². The topological polar surface area (TPSA) is 3.24 Å². The molecule has 1 aliphatic heterocycles. The number of likely N-dealkylation sites (tertiary alicyclic amines) is 1. The third-order valence-corrected chi connectivity index (χ3v) is 6.37. The number of piperidine rings is 1. The molecule has 0 aromatic carbocycles. The van der Waals surface area contributed by atoms with E-state index < -0.39 is 8.07 Å². The Morgan fingerprint density at radius 1 is 1.06 bits per heavy atom. The van der Waals surface area contributed by atoms with Crippen molar-refractivity contribution in [2.24, 2.45) is 0 Å². The highest BCUT2D eigenvalue weighted by atomic mass is 28.3. The van der Waals surface area contributed by atoms with E-state index in [1.54, 1.807) is 0 Å². The smallest absolute Gasteiger partial charge is 0.0740 e. The van der Waals surface area contributed by atoms with Crippen molar-refractivity contribution in [2.75, 3.05) is 13.1 Å². The molecule has 1 unspecified atom stereocenters. The molecule has 0 saturated carbocycles. The molecule has 2 aliphatic rings. The van der Waals surface area contributed by atoms with Gasteiger partial charge < -0.3 is 0 Å². The standard InChI is InChI=1S/C14H27NSi/c1-16(2,3)14-10-6-5-9-13(14)15-11-7-4-8-12-15/h10,13H,4-9,11-12H2,1-3H3. The summed E-state index contributed by atoms with van der Waals surface area (Å²) in [6, 6.07) is 0.820. The third kappa shape index (κ3) is 2.78. The molecule has 1 aliphatic carbocycles. The van der Waals surface area contributed by atoms with E-state index in [9.17, 15) is 0 Å². The maximum absolute atomic E-state index is 2.78. The second-order valence-electron chi connectivity index (χ2n) is 6.45. The first-order chi connectivity index (χ1) is 7.59. The fraction of sp³-hybridized carbons (Fsp3) is 0.857. The molecule has 0 aromatic heterocycles. The van der Waals surface area contributed by atoms with Crippen molar-refractivity contribution < 1.29 is 0 Å². The largest absolute Gasteiger partial charge is 0.297 e. The van der Waals surface area contributed by atoms with Crippen molar-refractivity contribution in [3.63, 3.8) is 0 Å². The number of rotatable bonds is 2. The van der Waals surface area contributed by atoms with Gasteiger partial charge in [-0.05, 0) is 45.2 Å². The van der Waals surface area contributed by atoms with E-state index in [2.05, 4.69) is 30.6 Å². The quantitative estimate of drug-likeness (QED) is 0.660. The lowest BCUT2D eigenvalue weighted by Gasteiger charge is -2.41. The van der Waals surface area contributed by atoms with Crippen LogP contribution in [0, 0.1) is 0 Å². The van der Waals surface area contributed by atoms with Crippen molar-refractivity contribution in [2.45, 2.75) is 64.2 Å². The van der Waals surface area contributed by atoms with Crippen LogP contribution in [0.3, 0.4) is 0 Å². The summed E-state index contributed by atoms with van der Waals surface area (Å²) in [5.74, 6) is 0. The van der Waals surface area contributed by atoms with Gasteiger partial charge in [-0.1, -0.05) is 37.3 Å². The van der Waals surface area contributed by atoms with Gasteiger partial charge in [0, 0.05) is 6.04 Å². The first-order valence-electron chi connectivity index (χ1n) is 7.03. The van der Waals surface area contributed by atoms with E-state index in [4.69, 9.17) is 0 Å². The summed E-state index contributed by atoms with van der Waals surface area (Å²) in [6.07, 6.45) is 11.1. The summed E-state index contributed by atoms with van der Waals surface area (Å²) in [7, 11) is -1.08. The minimum Gasteiger partial charge on any atom is -0.297 e. The van der Waals surface area contributed by atoms with E-state index in [1.165, 1.54) is 51.6 Å². The summed E-state index contributed by atoms with van der Waals surface area (Å²) in [5.41, 5.74) is 0. The summed E-state index contributed by atoms with van der Waals surface area (Å²) in [5, 5.41) is 1.85. The highest BCUT2D eigenvalue weighted by molar-refractivity contribution is 6.83. The average molecular weight is 237 g/mol. The normalized spacial score (nSPS) is 28.9.